The number of ether oxygens (including phenoxy) is 1. The summed E-state index contributed by atoms with van der Waals surface area (Å²) in [7, 11) is 1.46. The minimum atomic E-state index is -0.513. The van der Waals surface area contributed by atoms with Gasteiger partial charge in [0.25, 0.3) is 0 Å². The molecule has 1 aliphatic heterocycles. The van der Waals surface area contributed by atoms with Crippen LogP contribution in [0.3, 0.4) is 0 Å². The third-order valence-electron chi connectivity index (χ3n) is 6.62. The van der Waals surface area contributed by atoms with Crippen molar-refractivity contribution < 1.29 is 14.2 Å². The smallest absolute Gasteiger partial charge is 0.233 e. The van der Waals surface area contributed by atoms with Crippen LogP contribution >= 0.6 is 0 Å². The van der Waals surface area contributed by atoms with E-state index in [4.69, 9.17) is 4.74 Å². The Morgan fingerprint density at radius 3 is 2.57 bits per heavy atom. The number of benzene rings is 1. The van der Waals surface area contributed by atoms with Crippen molar-refractivity contribution in [3.63, 3.8) is 0 Å². The Hall–Kier alpha value is -3.33. The summed E-state index contributed by atoms with van der Waals surface area (Å²) in [5, 5.41) is 30.6. The number of methoxy groups -OCH3 is 1. The monoisotopic (exact) mass is 480 g/mol. The van der Waals surface area contributed by atoms with Gasteiger partial charge in [-0.1, -0.05) is 20.3 Å². The number of halogens is 1. The number of hydrogen-bond acceptors (Lipinski definition) is 8. The van der Waals surface area contributed by atoms with Crippen LogP contribution in [0.2, 0.25) is 0 Å². The fraction of sp³-hybridized carbons (Fsp3) is 0.462. The van der Waals surface area contributed by atoms with Crippen molar-refractivity contribution in [2.75, 3.05) is 25.1 Å². The SMILES string of the molecule is CC.COc1cc(-c2cc(O)c(-c3ccc(N4CCC(C)(NC5CCC5)C4)nn3)cc2F)cnn1. The van der Waals surface area contributed by atoms with Crippen LogP contribution in [0.25, 0.3) is 22.4 Å². The molecule has 0 amide bonds. The summed E-state index contributed by atoms with van der Waals surface area (Å²) in [5.74, 6) is 0.436. The van der Waals surface area contributed by atoms with Gasteiger partial charge in [0.1, 0.15) is 11.6 Å². The van der Waals surface area contributed by atoms with Crippen molar-refractivity contribution in [1.82, 2.24) is 25.7 Å². The zero-order chi connectivity index (χ0) is 25.0. The molecule has 2 aliphatic rings. The molecule has 2 aromatic heterocycles. The van der Waals surface area contributed by atoms with E-state index in [1.54, 1.807) is 12.1 Å². The lowest BCUT2D eigenvalue weighted by Crippen LogP contribution is -2.52. The van der Waals surface area contributed by atoms with Crippen LogP contribution in [0.4, 0.5) is 10.2 Å². The van der Waals surface area contributed by atoms with Crippen molar-refractivity contribution in [3.05, 3.63) is 42.3 Å². The standard InChI is InChI=1S/C24H27FN6O2.C2H6/c1-24(27-16-4-3-5-16)8-9-31(14-24)22-7-6-20(28-29-22)18-11-19(25)17(12-21(18)32)15-10-23(33-2)30-26-13-15;1-2/h6-7,10-13,16,27,32H,3-5,8-9,14H2,1-2H3;1-2H3. The Morgan fingerprint density at radius 1 is 1.11 bits per heavy atom. The van der Waals surface area contributed by atoms with Crippen LogP contribution in [0, 0.1) is 5.82 Å². The summed E-state index contributed by atoms with van der Waals surface area (Å²) in [6.45, 7) is 8.04. The topological polar surface area (TPSA) is 96.3 Å². The second-order valence-corrected chi connectivity index (χ2v) is 9.12. The van der Waals surface area contributed by atoms with Gasteiger partial charge in [-0.3, -0.25) is 0 Å². The molecule has 1 unspecified atom stereocenters. The number of nitrogens with zero attached hydrogens (tertiary/aromatic N) is 5. The zero-order valence-electron chi connectivity index (χ0n) is 20.8. The lowest BCUT2D eigenvalue weighted by Gasteiger charge is -2.36. The molecule has 3 heterocycles. The van der Waals surface area contributed by atoms with Crippen LogP contribution in [0.15, 0.2) is 36.5 Å². The van der Waals surface area contributed by atoms with E-state index in [0.29, 0.717) is 17.3 Å². The lowest BCUT2D eigenvalue weighted by atomic mass is 9.89. The molecular formula is C26H33FN6O2. The summed E-state index contributed by atoms with van der Waals surface area (Å²) < 4.78 is 20.0. The maximum absolute atomic E-state index is 14.9. The minimum Gasteiger partial charge on any atom is -0.507 e. The Balaban J connectivity index is 0.00000141. The fourth-order valence-electron chi connectivity index (χ4n) is 4.54. The van der Waals surface area contributed by atoms with Crippen molar-refractivity contribution in [2.45, 2.75) is 58.0 Å². The predicted molar refractivity (Wildman–Crippen MR) is 134 cm³/mol. The van der Waals surface area contributed by atoms with Gasteiger partial charge in [-0.15, -0.1) is 15.3 Å². The van der Waals surface area contributed by atoms with E-state index in [-0.39, 0.29) is 28.3 Å². The Kier molecular flexibility index (Phi) is 7.45. The molecule has 1 atom stereocenters. The third kappa shape index (κ3) is 5.35. The van der Waals surface area contributed by atoms with Crippen LogP contribution in [0.1, 0.15) is 46.5 Å². The number of aromatic hydroxyl groups is 1. The molecule has 1 aliphatic carbocycles. The van der Waals surface area contributed by atoms with Crippen molar-refractivity contribution in [3.8, 4) is 34.0 Å². The van der Waals surface area contributed by atoms with E-state index in [2.05, 4.69) is 37.5 Å². The van der Waals surface area contributed by atoms with Gasteiger partial charge in [-0.25, -0.2) is 4.39 Å². The summed E-state index contributed by atoms with van der Waals surface area (Å²) in [6, 6.07) is 8.45. The molecule has 0 bridgehead atoms. The van der Waals surface area contributed by atoms with Gasteiger partial charge >= 0.3 is 0 Å². The first-order chi connectivity index (χ1) is 16.9. The number of nitrogens with one attached hydrogen (secondary N) is 1. The maximum atomic E-state index is 14.9. The number of rotatable bonds is 6. The summed E-state index contributed by atoms with van der Waals surface area (Å²) in [4.78, 5) is 2.22. The van der Waals surface area contributed by atoms with Crippen LogP contribution < -0.4 is 15.0 Å². The lowest BCUT2D eigenvalue weighted by molar-refractivity contribution is 0.253. The molecule has 186 valence electrons. The molecular weight excluding hydrogens is 447 g/mol. The quantitative estimate of drug-likeness (QED) is 0.529. The first-order valence-electron chi connectivity index (χ1n) is 12.2. The maximum Gasteiger partial charge on any atom is 0.233 e. The normalized spacial score (nSPS) is 19.6. The Morgan fingerprint density at radius 2 is 1.91 bits per heavy atom. The van der Waals surface area contributed by atoms with Crippen LogP contribution in [0.5, 0.6) is 11.6 Å². The van der Waals surface area contributed by atoms with E-state index in [0.717, 1.165) is 25.3 Å². The molecule has 9 heteroatoms. The van der Waals surface area contributed by atoms with E-state index >= 15 is 0 Å². The minimum absolute atomic E-state index is 0.0765. The number of hydrogen-bond donors (Lipinski definition) is 2. The largest absolute Gasteiger partial charge is 0.507 e. The zero-order valence-corrected chi connectivity index (χ0v) is 20.8. The molecule has 2 N–H and O–H groups in total. The van der Waals surface area contributed by atoms with Crippen LogP contribution in [-0.4, -0.2) is 57.3 Å². The average molecular weight is 481 g/mol. The van der Waals surface area contributed by atoms with Gasteiger partial charge in [0, 0.05) is 47.4 Å². The molecule has 0 spiro atoms. The number of aromatic nitrogens is 4. The number of anilines is 1. The molecule has 0 radical (unpaired) electrons. The van der Waals surface area contributed by atoms with E-state index < -0.39 is 5.82 Å². The molecule has 5 rings (SSSR count). The summed E-state index contributed by atoms with van der Waals surface area (Å²) >= 11 is 0. The van der Waals surface area contributed by atoms with Crippen molar-refractivity contribution in [1.29, 1.82) is 0 Å². The highest BCUT2D eigenvalue weighted by atomic mass is 19.1. The van der Waals surface area contributed by atoms with E-state index in [1.165, 1.54) is 44.7 Å². The second-order valence-electron chi connectivity index (χ2n) is 9.12. The summed E-state index contributed by atoms with van der Waals surface area (Å²) in [5.41, 5.74) is 1.41. The average Bonchev–Trinajstić information content (AvgIpc) is 3.26. The molecule has 2 fully saturated rings. The van der Waals surface area contributed by atoms with Crippen molar-refractivity contribution >= 4 is 5.82 Å². The summed E-state index contributed by atoms with van der Waals surface area (Å²) in [6.07, 6.45) is 6.29. The number of phenols is 1. The van der Waals surface area contributed by atoms with E-state index in [1.807, 2.05) is 19.9 Å². The van der Waals surface area contributed by atoms with Gasteiger partial charge in [-0.05, 0) is 50.5 Å². The highest BCUT2D eigenvalue weighted by molar-refractivity contribution is 5.75. The second kappa shape index (κ2) is 10.5. The van der Waals surface area contributed by atoms with E-state index in [9.17, 15) is 9.50 Å². The first-order valence-corrected chi connectivity index (χ1v) is 12.2. The molecule has 8 nitrogen and oxygen atoms in total. The van der Waals surface area contributed by atoms with Gasteiger partial charge < -0.3 is 20.1 Å². The van der Waals surface area contributed by atoms with Crippen LogP contribution in [-0.2, 0) is 0 Å². The molecule has 1 aromatic carbocycles. The van der Waals surface area contributed by atoms with Gasteiger partial charge in [0.15, 0.2) is 5.82 Å². The molecule has 1 saturated heterocycles. The first kappa shape index (κ1) is 24.8. The third-order valence-corrected chi connectivity index (χ3v) is 6.62. The van der Waals surface area contributed by atoms with Gasteiger partial charge in [0.2, 0.25) is 5.88 Å². The highest BCUT2D eigenvalue weighted by Gasteiger charge is 2.37. The van der Waals surface area contributed by atoms with Gasteiger partial charge in [0.05, 0.1) is 19.0 Å². The highest BCUT2D eigenvalue weighted by Crippen LogP contribution is 2.36. The Bertz CT molecular complexity index is 1160. The molecule has 35 heavy (non-hydrogen) atoms. The molecule has 3 aromatic rings. The number of phenolic OH excluding ortho intramolecular Hbond substituents is 1. The molecule has 1 saturated carbocycles. The van der Waals surface area contributed by atoms with Gasteiger partial charge in [-0.2, -0.15) is 5.10 Å². The fourth-order valence-corrected chi connectivity index (χ4v) is 4.54. The van der Waals surface area contributed by atoms with Crippen molar-refractivity contribution in [2.24, 2.45) is 0 Å². The Labute approximate surface area is 205 Å². The predicted octanol–water partition coefficient (Wildman–Crippen LogP) is 4.59.